The van der Waals surface area contributed by atoms with Crippen LogP contribution >= 0.6 is 0 Å². The Morgan fingerprint density at radius 3 is 2.44 bits per heavy atom. The normalized spacial score (nSPS) is 14.1. The van der Waals surface area contributed by atoms with Crippen molar-refractivity contribution in [1.82, 2.24) is 14.7 Å². The molecule has 1 aliphatic rings. The third-order valence-electron chi connectivity index (χ3n) is 5.56. The quantitative estimate of drug-likeness (QED) is 0.637. The minimum absolute atomic E-state index is 0.0527. The van der Waals surface area contributed by atoms with E-state index in [0.717, 1.165) is 13.0 Å². The molecule has 1 aliphatic heterocycles. The number of carbonyl (C=O) groups excluding carboxylic acids is 3. The van der Waals surface area contributed by atoms with Crippen LogP contribution in [0, 0.1) is 0 Å². The Balaban J connectivity index is 1.48. The third-order valence-corrected chi connectivity index (χ3v) is 5.56. The van der Waals surface area contributed by atoms with Crippen LogP contribution in [0.2, 0.25) is 0 Å². The highest BCUT2D eigenvalue weighted by atomic mass is 16.5. The maximum atomic E-state index is 12.9. The Morgan fingerprint density at radius 2 is 1.74 bits per heavy atom. The Labute approximate surface area is 200 Å². The number of ether oxygens (including phenoxy) is 2. The SMILES string of the molecule is COc1cccc(NC(=O)COc2ccc(C(=O)N3CCCN(CC(=O)N(C)C)CC3)cc2)c1. The van der Waals surface area contributed by atoms with Crippen LogP contribution in [0.1, 0.15) is 16.8 Å². The number of carbonyl (C=O) groups is 3. The fourth-order valence-corrected chi connectivity index (χ4v) is 3.59. The van der Waals surface area contributed by atoms with Crippen molar-refractivity contribution in [3.8, 4) is 11.5 Å². The molecule has 1 saturated heterocycles. The van der Waals surface area contributed by atoms with Gasteiger partial charge in [-0.1, -0.05) is 6.07 Å². The van der Waals surface area contributed by atoms with Crippen molar-refractivity contribution in [3.05, 3.63) is 54.1 Å². The van der Waals surface area contributed by atoms with Gasteiger partial charge in [-0.05, 0) is 42.8 Å². The van der Waals surface area contributed by atoms with Gasteiger partial charge in [-0.15, -0.1) is 0 Å². The molecule has 1 heterocycles. The van der Waals surface area contributed by atoms with Crippen molar-refractivity contribution >= 4 is 23.4 Å². The highest BCUT2D eigenvalue weighted by molar-refractivity contribution is 5.94. The van der Waals surface area contributed by atoms with Crippen LogP contribution in [0.4, 0.5) is 5.69 Å². The number of nitrogens with one attached hydrogen (secondary N) is 1. The van der Waals surface area contributed by atoms with E-state index >= 15 is 0 Å². The minimum atomic E-state index is -0.296. The lowest BCUT2D eigenvalue weighted by atomic mass is 10.2. The second-order valence-corrected chi connectivity index (χ2v) is 8.30. The lowest BCUT2D eigenvalue weighted by Crippen LogP contribution is -2.39. The summed E-state index contributed by atoms with van der Waals surface area (Å²) in [6, 6.07) is 13.9. The molecule has 0 atom stereocenters. The van der Waals surface area contributed by atoms with Crippen molar-refractivity contribution in [2.24, 2.45) is 0 Å². The maximum Gasteiger partial charge on any atom is 0.262 e. The molecule has 9 nitrogen and oxygen atoms in total. The fourth-order valence-electron chi connectivity index (χ4n) is 3.59. The topological polar surface area (TPSA) is 91.4 Å². The second kappa shape index (κ2) is 12.0. The van der Waals surface area contributed by atoms with E-state index in [1.165, 1.54) is 0 Å². The van der Waals surface area contributed by atoms with Crippen LogP contribution in [0.25, 0.3) is 0 Å². The third kappa shape index (κ3) is 7.21. The summed E-state index contributed by atoms with van der Waals surface area (Å²) in [6.45, 7) is 2.88. The molecule has 2 aromatic rings. The summed E-state index contributed by atoms with van der Waals surface area (Å²) in [7, 11) is 5.06. The van der Waals surface area contributed by atoms with Crippen molar-refractivity contribution in [3.63, 3.8) is 0 Å². The molecule has 9 heteroatoms. The molecule has 34 heavy (non-hydrogen) atoms. The Bertz CT molecular complexity index is 993. The summed E-state index contributed by atoms with van der Waals surface area (Å²) >= 11 is 0. The molecule has 0 bridgehead atoms. The standard InChI is InChI=1S/C25H32N4O5/c1-27(2)24(31)17-28-12-5-13-29(15-14-28)25(32)19-8-10-21(11-9-19)34-18-23(30)26-20-6-4-7-22(16-20)33-3/h4,6-11,16H,5,12-15,17-18H2,1-3H3,(H,26,30). The molecule has 0 saturated carbocycles. The van der Waals surface area contributed by atoms with E-state index < -0.39 is 0 Å². The van der Waals surface area contributed by atoms with Gasteiger partial charge >= 0.3 is 0 Å². The predicted molar refractivity (Wildman–Crippen MR) is 129 cm³/mol. The Hall–Kier alpha value is -3.59. The Morgan fingerprint density at radius 1 is 0.971 bits per heavy atom. The first kappa shape index (κ1) is 25.0. The van der Waals surface area contributed by atoms with Gasteiger partial charge in [0.15, 0.2) is 6.61 Å². The smallest absolute Gasteiger partial charge is 0.262 e. The lowest BCUT2D eigenvalue weighted by Gasteiger charge is -2.23. The number of amides is 3. The molecule has 2 aromatic carbocycles. The number of rotatable bonds is 8. The highest BCUT2D eigenvalue weighted by Gasteiger charge is 2.22. The summed E-state index contributed by atoms with van der Waals surface area (Å²) in [6.07, 6.45) is 0.816. The van der Waals surface area contributed by atoms with Gasteiger partial charge in [0.2, 0.25) is 5.91 Å². The summed E-state index contributed by atoms with van der Waals surface area (Å²) in [5.41, 5.74) is 1.18. The zero-order valence-electron chi connectivity index (χ0n) is 20.0. The van der Waals surface area contributed by atoms with Crippen LogP contribution in [0.3, 0.4) is 0 Å². The first-order valence-corrected chi connectivity index (χ1v) is 11.2. The van der Waals surface area contributed by atoms with Crippen molar-refractivity contribution < 1.29 is 23.9 Å². The number of anilines is 1. The summed E-state index contributed by atoms with van der Waals surface area (Å²) in [5, 5.41) is 2.75. The molecule has 0 unspecified atom stereocenters. The van der Waals surface area contributed by atoms with Gasteiger partial charge in [-0.3, -0.25) is 19.3 Å². The summed E-state index contributed by atoms with van der Waals surface area (Å²) < 4.78 is 10.7. The highest BCUT2D eigenvalue weighted by Crippen LogP contribution is 2.18. The van der Waals surface area contributed by atoms with Crippen LogP contribution in [0.15, 0.2) is 48.5 Å². The van der Waals surface area contributed by atoms with Gasteiger partial charge < -0.3 is 24.6 Å². The van der Waals surface area contributed by atoms with Crippen molar-refractivity contribution in [1.29, 1.82) is 0 Å². The predicted octanol–water partition coefficient (Wildman–Crippen LogP) is 1.95. The van der Waals surface area contributed by atoms with E-state index in [9.17, 15) is 14.4 Å². The van der Waals surface area contributed by atoms with E-state index in [2.05, 4.69) is 10.2 Å². The van der Waals surface area contributed by atoms with E-state index in [0.29, 0.717) is 48.9 Å². The average molecular weight is 469 g/mol. The number of likely N-dealkylation sites (N-methyl/N-ethyl adjacent to an activating group) is 1. The fraction of sp³-hybridized carbons (Fsp3) is 0.400. The van der Waals surface area contributed by atoms with Gasteiger partial charge in [0.1, 0.15) is 11.5 Å². The monoisotopic (exact) mass is 468 g/mol. The maximum absolute atomic E-state index is 12.9. The number of nitrogens with zero attached hydrogens (tertiary/aromatic N) is 3. The molecular formula is C25H32N4O5. The van der Waals surface area contributed by atoms with Crippen LogP contribution in [0.5, 0.6) is 11.5 Å². The molecule has 182 valence electrons. The van der Waals surface area contributed by atoms with E-state index in [4.69, 9.17) is 9.47 Å². The van der Waals surface area contributed by atoms with Crippen LogP contribution in [-0.2, 0) is 9.59 Å². The molecule has 3 rings (SSSR count). The molecule has 0 aliphatic carbocycles. The molecular weight excluding hydrogens is 436 g/mol. The summed E-state index contributed by atoms with van der Waals surface area (Å²) in [4.78, 5) is 42.6. The zero-order chi connectivity index (χ0) is 24.5. The molecule has 0 spiro atoms. The second-order valence-electron chi connectivity index (χ2n) is 8.30. The lowest BCUT2D eigenvalue weighted by molar-refractivity contribution is -0.129. The van der Waals surface area contributed by atoms with Crippen LogP contribution < -0.4 is 14.8 Å². The number of hydrogen-bond acceptors (Lipinski definition) is 6. The van der Waals surface area contributed by atoms with Gasteiger partial charge in [0.25, 0.3) is 11.8 Å². The van der Waals surface area contributed by atoms with Gasteiger partial charge in [0.05, 0.1) is 13.7 Å². The number of hydrogen-bond donors (Lipinski definition) is 1. The molecule has 3 amide bonds. The first-order valence-electron chi connectivity index (χ1n) is 11.2. The van der Waals surface area contributed by atoms with Crippen molar-refractivity contribution in [2.75, 3.05) is 65.9 Å². The van der Waals surface area contributed by atoms with E-state index in [1.807, 2.05) is 4.90 Å². The molecule has 1 N–H and O–H groups in total. The molecule has 0 radical (unpaired) electrons. The van der Waals surface area contributed by atoms with Crippen LogP contribution in [-0.4, -0.2) is 93.0 Å². The van der Waals surface area contributed by atoms with Crippen molar-refractivity contribution in [2.45, 2.75) is 6.42 Å². The molecule has 1 fully saturated rings. The number of benzene rings is 2. The summed E-state index contributed by atoms with van der Waals surface area (Å²) in [5.74, 6) is 0.866. The zero-order valence-corrected chi connectivity index (χ0v) is 20.0. The Kier molecular flexibility index (Phi) is 8.86. The van der Waals surface area contributed by atoms with E-state index in [-0.39, 0.29) is 24.3 Å². The van der Waals surface area contributed by atoms with Gasteiger partial charge in [-0.25, -0.2) is 0 Å². The largest absolute Gasteiger partial charge is 0.497 e. The minimum Gasteiger partial charge on any atom is -0.497 e. The van der Waals surface area contributed by atoms with Gasteiger partial charge in [-0.2, -0.15) is 0 Å². The number of methoxy groups -OCH3 is 1. The average Bonchev–Trinajstić information content (AvgIpc) is 3.08. The first-order chi connectivity index (χ1) is 16.4. The van der Waals surface area contributed by atoms with Gasteiger partial charge in [0, 0.05) is 57.6 Å². The molecule has 0 aromatic heterocycles. The van der Waals surface area contributed by atoms with E-state index in [1.54, 1.807) is 74.6 Å².